The van der Waals surface area contributed by atoms with Gasteiger partial charge in [-0.3, -0.25) is 9.69 Å². The number of imidazole rings is 1. The Balaban J connectivity index is 1.25. The Kier molecular flexibility index (Phi) is 5.83. The maximum absolute atomic E-state index is 12.5. The molecular formula is C27H32N4O. The second-order valence-electron chi connectivity index (χ2n) is 9.48. The first-order valence-corrected chi connectivity index (χ1v) is 11.9. The lowest BCUT2D eigenvalue weighted by atomic mass is 9.97. The number of H-pyrrole nitrogens is 1. The van der Waals surface area contributed by atoms with E-state index in [1.807, 2.05) is 18.3 Å². The van der Waals surface area contributed by atoms with E-state index in [4.69, 9.17) is 0 Å². The Morgan fingerprint density at radius 2 is 1.66 bits per heavy atom. The molecule has 2 N–H and O–H groups in total. The number of carbonyl (C=O) groups is 1. The molecule has 3 atom stereocenters. The summed E-state index contributed by atoms with van der Waals surface area (Å²) in [4.78, 5) is 23.1. The van der Waals surface area contributed by atoms with Gasteiger partial charge in [0.1, 0.15) is 5.82 Å². The summed E-state index contributed by atoms with van der Waals surface area (Å²) in [6.07, 6.45) is 7.66. The van der Waals surface area contributed by atoms with Gasteiger partial charge < -0.3 is 10.3 Å². The predicted molar refractivity (Wildman–Crippen MR) is 129 cm³/mol. The fourth-order valence-electron chi connectivity index (χ4n) is 5.27. The van der Waals surface area contributed by atoms with Crippen molar-refractivity contribution in [2.45, 2.75) is 45.1 Å². The second-order valence-corrected chi connectivity index (χ2v) is 9.48. The van der Waals surface area contributed by atoms with E-state index in [2.05, 4.69) is 70.6 Å². The van der Waals surface area contributed by atoms with Crippen molar-refractivity contribution in [2.75, 3.05) is 18.9 Å². The Morgan fingerprint density at radius 3 is 2.28 bits per heavy atom. The van der Waals surface area contributed by atoms with Gasteiger partial charge in [0.2, 0.25) is 5.91 Å². The summed E-state index contributed by atoms with van der Waals surface area (Å²) in [5.41, 5.74) is 5.37. The molecule has 2 heterocycles. The normalized spacial score (nSPS) is 23.5. The van der Waals surface area contributed by atoms with Gasteiger partial charge in [-0.1, -0.05) is 49.7 Å². The van der Waals surface area contributed by atoms with E-state index in [0.717, 1.165) is 59.7 Å². The lowest BCUT2D eigenvalue weighted by Crippen LogP contribution is -2.24. The highest BCUT2D eigenvalue weighted by Gasteiger charge is 2.29. The predicted octanol–water partition coefficient (Wildman–Crippen LogP) is 5.89. The Labute approximate surface area is 190 Å². The van der Waals surface area contributed by atoms with Gasteiger partial charge in [0.05, 0.1) is 17.9 Å². The van der Waals surface area contributed by atoms with E-state index in [0.29, 0.717) is 12.0 Å². The van der Waals surface area contributed by atoms with Crippen LogP contribution in [-0.2, 0) is 4.79 Å². The maximum Gasteiger partial charge on any atom is 0.227 e. The summed E-state index contributed by atoms with van der Waals surface area (Å²) in [5, 5.41) is 3.10. The first kappa shape index (κ1) is 21.0. The number of rotatable bonds is 5. The Hall–Kier alpha value is -2.92. The number of aromatic amines is 1. The highest BCUT2D eigenvalue weighted by Crippen LogP contribution is 2.33. The number of hydrogen-bond acceptors (Lipinski definition) is 3. The number of anilines is 1. The molecule has 0 spiro atoms. The van der Waals surface area contributed by atoms with Gasteiger partial charge in [-0.05, 0) is 74.0 Å². The van der Waals surface area contributed by atoms with Gasteiger partial charge >= 0.3 is 0 Å². The third-order valence-electron chi connectivity index (χ3n) is 7.31. The van der Waals surface area contributed by atoms with Crippen LogP contribution in [0.3, 0.4) is 0 Å². The molecule has 1 unspecified atom stereocenters. The van der Waals surface area contributed by atoms with E-state index in [1.54, 1.807) is 0 Å². The molecule has 5 rings (SSSR count). The minimum atomic E-state index is 0.152. The number of likely N-dealkylation sites (tertiary alicyclic amines) is 1. The Morgan fingerprint density at radius 1 is 0.969 bits per heavy atom. The van der Waals surface area contributed by atoms with E-state index in [1.165, 1.54) is 12.8 Å². The molecule has 0 bridgehead atoms. The molecule has 2 aromatic carbocycles. The van der Waals surface area contributed by atoms with E-state index in [-0.39, 0.29) is 11.8 Å². The minimum absolute atomic E-state index is 0.152. The lowest BCUT2D eigenvalue weighted by Gasteiger charge is -2.16. The molecule has 1 aromatic heterocycles. The summed E-state index contributed by atoms with van der Waals surface area (Å²) in [6, 6.07) is 17.1. The van der Waals surface area contributed by atoms with Crippen LogP contribution in [0.4, 0.5) is 5.69 Å². The summed E-state index contributed by atoms with van der Waals surface area (Å²) in [5.74, 6) is 1.86. The molecule has 1 aliphatic heterocycles. The molecule has 5 nitrogen and oxygen atoms in total. The zero-order chi connectivity index (χ0) is 22.1. The SMILES string of the molecule is CC1CCC[C@H]1C(=O)Nc1ccc(-c2ccc(-c3cnc([C@@H]4CCCN4C)[nH]3)cc2)cc1. The average molecular weight is 429 g/mol. The van der Waals surface area contributed by atoms with Crippen LogP contribution < -0.4 is 5.32 Å². The van der Waals surface area contributed by atoms with Crippen LogP contribution in [0.2, 0.25) is 0 Å². The summed E-state index contributed by atoms with van der Waals surface area (Å²) in [6.45, 7) is 3.32. The largest absolute Gasteiger partial charge is 0.341 e. The monoisotopic (exact) mass is 428 g/mol. The molecular weight excluding hydrogens is 396 g/mol. The van der Waals surface area contributed by atoms with Crippen LogP contribution in [0.25, 0.3) is 22.4 Å². The number of carbonyl (C=O) groups excluding carboxylic acids is 1. The lowest BCUT2D eigenvalue weighted by molar-refractivity contribution is -0.120. The first-order chi connectivity index (χ1) is 15.6. The quantitative estimate of drug-likeness (QED) is 0.533. The van der Waals surface area contributed by atoms with Gasteiger partial charge in [0.15, 0.2) is 0 Å². The number of hydrogen-bond donors (Lipinski definition) is 2. The van der Waals surface area contributed by atoms with Crippen molar-refractivity contribution in [3.8, 4) is 22.4 Å². The topological polar surface area (TPSA) is 61.0 Å². The van der Waals surface area contributed by atoms with Crippen molar-refractivity contribution in [3.05, 3.63) is 60.6 Å². The molecule has 32 heavy (non-hydrogen) atoms. The molecule has 1 aliphatic carbocycles. The van der Waals surface area contributed by atoms with Crippen LogP contribution in [0.1, 0.15) is 50.9 Å². The fraction of sp³-hybridized carbons (Fsp3) is 0.407. The highest BCUT2D eigenvalue weighted by molar-refractivity contribution is 5.93. The minimum Gasteiger partial charge on any atom is -0.341 e. The van der Waals surface area contributed by atoms with Crippen molar-refractivity contribution in [1.29, 1.82) is 0 Å². The second kappa shape index (κ2) is 8.91. The van der Waals surface area contributed by atoms with Gasteiger partial charge in [-0.25, -0.2) is 4.98 Å². The van der Waals surface area contributed by atoms with Gasteiger partial charge in [0, 0.05) is 11.6 Å². The molecule has 2 fully saturated rings. The number of nitrogens with one attached hydrogen (secondary N) is 2. The van der Waals surface area contributed by atoms with Crippen molar-refractivity contribution in [2.24, 2.45) is 11.8 Å². The van der Waals surface area contributed by atoms with Crippen molar-refractivity contribution >= 4 is 11.6 Å². The average Bonchev–Trinajstić information content (AvgIpc) is 3.55. The smallest absolute Gasteiger partial charge is 0.227 e. The summed E-state index contributed by atoms with van der Waals surface area (Å²) < 4.78 is 0. The third-order valence-corrected chi connectivity index (χ3v) is 7.31. The molecule has 2 aliphatic rings. The van der Waals surface area contributed by atoms with E-state index < -0.39 is 0 Å². The number of nitrogens with zero attached hydrogens (tertiary/aromatic N) is 2. The molecule has 1 saturated heterocycles. The van der Waals surface area contributed by atoms with Crippen LogP contribution in [0.15, 0.2) is 54.7 Å². The van der Waals surface area contributed by atoms with Crippen LogP contribution in [-0.4, -0.2) is 34.4 Å². The maximum atomic E-state index is 12.5. The molecule has 3 aromatic rings. The van der Waals surface area contributed by atoms with E-state index >= 15 is 0 Å². The number of amides is 1. The van der Waals surface area contributed by atoms with Crippen molar-refractivity contribution < 1.29 is 4.79 Å². The van der Waals surface area contributed by atoms with E-state index in [9.17, 15) is 4.79 Å². The molecule has 5 heteroatoms. The fourth-order valence-corrected chi connectivity index (χ4v) is 5.27. The zero-order valence-corrected chi connectivity index (χ0v) is 19.0. The van der Waals surface area contributed by atoms with Gasteiger partial charge in [0.25, 0.3) is 0 Å². The number of benzene rings is 2. The molecule has 166 valence electrons. The van der Waals surface area contributed by atoms with Gasteiger partial charge in [-0.15, -0.1) is 0 Å². The molecule has 1 amide bonds. The van der Waals surface area contributed by atoms with Crippen LogP contribution in [0, 0.1) is 11.8 Å². The van der Waals surface area contributed by atoms with Crippen LogP contribution >= 0.6 is 0 Å². The first-order valence-electron chi connectivity index (χ1n) is 11.9. The molecule has 1 saturated carbocycles. The van der Waals surface area contributed by atoms with Crippen molar-refractivity contribution in [3.63, 3.8) is 0 Å². The van der Waals surface area contributed by atoms with Crippen molar-refractivity contribution in [1.82, 2.24) is 14.9 Å². The van der Waals surface area contributed by atoms with Crippen LogP contribution in [0.5, 0.6) is 0 Å². The Bertz CT molecular complexity index is 1070. The van der Waals surface area contributed by atoms with Gasteiger partial charge in [-0.2, -0.15) is 0 Å². The summed E-state index contributed by atoms with van der Waals surface area (Å²) >= 11 is 0. The standard InChI is InChI=1S/C27H32N4O/c1-18-5-3-6-23(18)27(32)29-22-14-12-20(13-15-22)19-8-10-21(11-9-19)24-17-28-26(30-24)25-7-4-16-31(25)2/h8-15,17-18,23,25H,3-7,16H2,1-2H3,(H,28,30)(H,29,32)/t18?,23-,25+/m1/s1. The number of aromatic nitrogens is 2. The highest BCUT2D eigenvalue weighted by atomic mass is 16.1. The third kappa shape index (κ3) is 4.22. The zero-order valence-electron chi connectivity index (χ0n) is 19.0. The summed E-state index contributed by atoms with van der Waals surface area (Å²) in [7, 11) is 2.17. The molecule has 0 radical (unpaired) electrons.